The molecule has 22 heavy (non-hydrogen) atoms. The SMILES string of the molecule is CCN(CC)C(=O)C(CO)(CO)COC(=O)/C=C/C(=O)OC. The van der Waals surface area contributed by atoms with Crippen LogP contribution in [-0.2, 0) is 23.9 Å². The third kappa shape index (κ3) is 5.45. The van der Waals surface area contributed by atoms with Crippen LogP contribution in [-0.4, -0.2) is 73.0 Å². The molecular formula is C14H23NO7. The van der Waals surface area contributed by atoms with Gasteiger partial charge in [-0.1, -0.05) is 0 Å². The molecular weight excluding hydrogens is 294 g/mol. The molecule has 0 radical (unpaired) electrons. The fourth-order valence-electron chi connectivity index (χ4n) is 1.65. The van der Waals surface area contributed by atoms with Crippen molar-refractivity contribution in [2.75, 3.05) is 40.0 Å². The summed E-state index contributed by atoms with van der Waals surface area (Å²) in [6, 6.07) is 0. The molecule has 0 aliphatic rings. The molecule has 0 spiro atoms. The van der Waals surface area contributed by atoms with E-state index in [0.29, 0.717) is 13.1 Å². The summed E-state index contributed by atoms with van der Waals surface area (Å²) in [4.78, 5) is 36.1. The van der Waals surface area contributed by atoms with Gasteiger partial charge in [-0.15, -0.1) is 0 Å². The summed E-state index contributed by atoms with van der Waals surface area (Å²) in [6.45, 7) is 2.46. The zero-order valence-corrected chi connectivity index (χ0v) is 13.1. The monoisotopic (exact) mass is 317 g/mol. The topological polar surface area (TPSA) is 113 Å². The first-order chi connectivity index (χ1) is 10.4. The van der Waals surface area contributed by atoms with Gasteiger partial charge in [0.05, 0.1) is 20.3 Å². The maximum Gasteiger partial charge on any atom is 0.331 e. The largest absolute Gasteiger partial charge is 0.466 e. The van der Waals surface area contributed by atoms with Crippen molar-refractivity contribution in [3.63, 3.8) is 0 Å². The zero-order valence-electron chi connectivity index (χ0n) is 13.1. The van der Waals surface area contributed by atoms with Gasteiger partial charge in [-0.05, 0) is 13.8 Å². The summed E-state index contributed by atoms with van der Waals surface area (Å²) in [5.74, 6) is -2.12. The second-order valence-corrected chi connectivity index (χ2v) is 4.54. The maximum atomic E-state index is 12.3. The Kier molecular flexibility index (Phi) is 9.04. The third-order valence-corrected chi connectivity index (χ3v) is 3.16. The minimum atomic E-state index is -1.61. The van der Waals surface area contributed by atoms with Crippen molar-refractivity contribution >= 4 is 17.8 Å². The van der Waals surface area contributed by atoms with Crippen molar-refractivity contribution in [3.05, 3.63) is 12.2 Å². The Bertz CT molecular complexity index is 411. The van der Waals surface area contributed by atoms with Crippen LogP contribution in [0.5, 0.6) is 0 Å². The van der Waals surface area contributed by atoms with Crippen LogP contribution in [0.15, 0.2) is 12.2 Å². The molecule has 8 nitrogen and oxygen atoms in total. The first kappa shape index (κ1) is 20.1. The third-order valence-electron chi connectivity index (χ3n) is 3.16. The predicted molar refractivity (Wildman–Crippen MR) is 76.6 cm³/mol. The molecule has 0 unspecified atom stereocenters. The Morgan fingerprint density at radius 1 is 1.05 bits per heavy atom. The van der Waals surface area contributed by atoms with E-state index >= 15 is 0 Å². The van der Waals surface area contributed by atoms with Gasteiger partial charge in [-0.2, -0.15) is 0 Å². The van der Waals surface area contributed by atoms with Crippen molar-refractivity contribution in [2.24, 2.45) is 5.41 Å². The summed E-state index contributed by atoms with van der Waals surface area (Å²) < 4.78 is 9.16. The molecule has 0 bridgehead atoms. The summed E-state index contributed by atoms with van der Waals surface area (Å²) >= 11 is 0. The molecule has 0 saturated carbocycles. The smallest absolute Gasteiger partial charge is 0.331 e. The molecule has 0 heterocycles. The van der Waals surface area contributed by atoms with E-state index in [2.05, 4.69) is 4.74 Å². The highest BCUT2D eigenvalue weighted by Gasteiger charge is 2.41. The average molecular weight is 317 g/mol. The minimum absolute atomic E-state index is 0.396. The molecule has 0 rings (SSSR count). The van der Waals surface area contributed by atoms with Crippen LogP contribution >= 0.6 is 0 Å². The van der Waals surface area contributed by atoms with E-state index in [0.717, 1.165) is 19.3 Å². The van der Waals surface area contributed by atoms with Crippen LogP contribution < -0.4 is 0 Å². The maximum absolute atomic E-state index is 12.3. The number of esters is 2. The van der Waals surface area contributed by atoms with Crippen LogP contribution in [0.25, 0.3) is 0 Å². The molecule has 0 aliphatic heterocycles. The van der Waals surface area contributed by atoms with Crippen molar-refractivity contribution in [2.45, 2.75) is 13.8 Å². The Hall–Kier alpha value is -1.93. The normalized spacial score (nSPS) is 11.3. The Morgan fingerprint density at radius 2 is 1.55 bits per heavy atom. The molecule has 1 amide bonds. The quantitative estimate of drug-likeness (QED) is 0.418. The lowest BCUT2D eigenvalue weighted by Crippen LogP contribution is -2.51. The predicted octanol–water partition coefficient (Wildman–Crippen LogP) is -0.902. The summed E-state index contributed by atoms with van der Waals surface area (Å²) in [6.07, 6.45) is 1.71. The first-order valence-corrected chi connectivity index (χ1v) is 6.84. The highest BCUT2D eigenvalue weighted by molar-refractivity contribution is 5.92. The number of ether oxygens (including phenoxy) is 2. The van der Waals surface area contributed by atoms with Crippen LogP contribution in [0.1, 0.15) is 13.8 Å². The Labute approximate surface area is 129 Å². The Balaban J connectivity index is 4.90. The van der Waals surface area contributed by atoms with E-state index in [1.165, 1.54) is 4.90 Å². The van der Waals surface area contributed by atoms with Gasteiger partial charge in [0.25, 0.3) is 0 Å². The van der Waals surface area contributed by atoms with Crippen molar-refractivity contribution in [1.82, 2.24) is 4.90 Å². The van der Waals surface area contributed by atoms with Gasteiger partial charge < -0.3 is 24.6 Å². The number of methoxy groups -OCH3 is 1. The molecule has 126 valence electrons. The van der Waals surface area contributed by atoms with Gasteiger partial charge >= 0.3 is 11.9 Å². The molecule has 0 aromatic rings. The molecule has 0 aromatic carbocycles. The van der Waals surface area contributed by atoms with Crippen LogP contribution in [0.3, 0.4) is 0 Å². The zero-order chi connectivity index (χ0) is 17.2. The van der Waals surface area contributed by atoms with Crippen LogP contribution in [0.4, 0.5) is 0 Å². The molecule has 0 saturated heterocycles. The second-order valence-electron chi connectivity index (χ2n) is 4.54. The number of hydrogen-bond acceptors (Lipinski definition) is 7. The van der Waals surface area contributed by atoms with Gasteiger partial charge in [0.1, 0.15) is 12.0 Å². The molecule has 0 aromatic heterocycles. The number of hydrogen-bond donors (Lipinski definition) is 2. The lowest BCUT2D eigenvalue weighted by atomic mass is 9.89. The summed E-state index contributed by atoms with van der Waals surface area (Å²) in [5, 5.41) is 18.9. The average Bonchev–Trinajstić information content (AvgIpc) is 2.55. The van der Waals surface area contributed by atoms with Gasteiger partial charge in [-0.3, -0.25) is 4.79 Å². The van der Waals surface area contributed by atoms with Crippen molar-refractivity contribution in [1.29, 1.82) is 0 Å². The van der Waals surface area contributed by atoms with Crippen molar-refractivity contribution in [3.8, 4) is 0 Å². The number of carbonyl (C=O) groups excluding carboxylic acids is 3. The molecule has 8 heteroatoms. The highest BCUT2D eigenvalue weighted by Crippen LogP contribution is 2.20. The fourth-order valence-corrected chi connectivity index (χ4v) is 1.65. The van der Waals surface area contributed by atoms with E-state index < -0.39 is 43.1 Å². The standard InChI is InChI=1S/C14H23NO7/c1-4-15(5-2)13(20)14(8-16,9-17)10-22-12(19)7-6-11(18)21-3/h6-7,16-17H,4-5,8-10H2,1-3H3/b7-6+. The number of carbonyl (C=O) groups is 3. The van der Waals surface area contributed by atoms with Crippen LogP contribution in [0, 0.1) is 5.41 Å². The van der Waals surface area contributed by atoms with Gasteiger partial charge in [0.2, 0.25) is 5.91 Å². The van der Waals surface area contributed by atoms with Crippen LogP contribution in [0.2, 0.25) is 0 Å². The first-order valence-electron chi connectivity index (χ1n) is 6.84. The minimum Gasteiger partial charge on any atom is -0.466 e. The summed E-state index contributed by atoms with van der Waals surface area (Å²) in [7, 11) is 1.16. The van der Waals surface area contributed by atoms with Gasteiger partial charge in [0.15, 0.2) is 0 Å². The number of nitrogens with zero attached hydrogens (tertiary/aromatic N) is 1. The number of rotatable bonds is 9. The van der Waals surface area contributed by atoms with E-state index in [9.17, 15) is 24.6 Å². The van der Waals surface area contributed by atoms with Crippen molar-refractivity contribution < 1.29 is 34.1 Å². The second kappa shape index (κ2) is 9.91. The number of aliphatic hydroxyl groups is 2. The van der Waals surface area contributed by atoms with E-state index in [4.69, 9.17) is 4.74 Å². The highest BCUT2D eigenvalue weighted by atomic mass is 16.5. The molecule has 2 N–H and O–H groups in total. The molecule has 0 atom stereocenters. The molecule has 0 aliphatic carbocycles. The fraction of sp³-hybridized carbons (Fsp3) is 0.643. The van der Waals surface area contributed by atoms with Gasteiger partial charge in [0, 0.05) is 25.2 Å². The molecule has 0 fully saturated rings. The van der Waals surface area contributed by atoms with E-state index in [1.54, 1.807) is 13.8 Å². The number of amides is 1. The van der Waals surface area contributed by atoms with Gasteiger partial charge in [-0.25, -0.2) is 9.59 Å². The van der Waals surface area contributed by atoms with E-state index in [-0.39, 0.29) is 0 Å². The van der Waals surface area contributed by atoms with E-state index in [1.807, 2.05) is 0 Å². The number of aliphatic hydroxyl groups excluding tert-OH is 2. The lowest BCUT2D eigenvalue weighted by Gasteiger charge is -2.33. The lowest BCUT2D eigenvalue weighted by molar-refractivity contribution is -0.158. The Morgan fingerprint density at radius 3 is 1.95 bits per heavy atom. The summed E-state index contributed by atoms with van der Waals surface area (Å²) in [5.41, 5.74) is -1.61.